The van der Waals surface area contributed by atoms with E-state index < -0.39 is 0 Å². The molecular formula is C18H22N4O3. The van der Waals surface area contributed by atoms with Crippen LogP contribution in [0.4, 0.5) is 10.6 Å². The quantitative estimate of drug-likeness (QED) is 0.842. The molecule has 3 rings (SSSR count). The molecule has 7 heteroatoms. The third kappa shape index (κ3) is 4.32. The van der Waals surface area contributed by atoms with Crippen molar-refractivity contribution in [2.75, 3.05) is 44.9 Å². The van der Waals surface area contributed by atoms with Crippen LogP contribution >= 0.6 is 0 Å². The standard InChI is InChI=1S/C18H22N4O3/c1-24-15-6-2-3-7-16(15)25-14-20-18(23)22-12-10-21(11-13-22)17-8-4-5-9-19-17/h2-9H,10-14H2,1H3,(H,20,23). The molecule has 0 saturated carbocycles. The zero-order valence-electron chi connectivity index (χ0n) is 14.2. The number of amides is 2. The predicted molar refractivity (Wildman–Crippen MR) is 95.0 cm³/mol. The van der Waals surface area contributed by atoms with Crippen LogP contribution in [0.15, 0.2) is 48.7 Å². The second-order valence-corrected chi connectivity index (χ2v) is 5.58. The first-order valence-corrected chi connectivity index (χ1v) is 8.22. The van der Waals surface area contributed by atoms with E-state index in [-0.39, 0.29) is 12.8 Å². The van der Waals surface area contributed by atoms with Crippen molar-refractivity contribution in [1.82, 2.24) is 15.2 Å². The summed E-state index contributed by atoms with van der Waals surface area (Å²) in [5.74, 6) is 2.19. The van der Waals surface area contributed by atoms with E-state index in [2.05, 4.69) is 15.2 Å². The number of urea groups is 1. The summed E-state index contributed by atoms with van der Waals surface area (Å²) in [6, 6.07) is 13.1. The van der Waals surface area contributed by atoms with Crippen molar-refractivity contribution in [3.05, 3.63) is 48.7 Å². The zero-order valence-corrected chi connectivity index (χ0v) is 14.2. The summed E-state index contributed by atoms with van der Waals surface area (Å²) in [4.78, 5) is 20.6. The van der Waals surface area contributed by atoms with Crippen molar-refractivity contribution in [2.45, 2.75) is 0 Å². The minimum Gasteiger partial charge on any atom is -0.493 e. The number of carbonyl (C=O) groups is 1. The maximum atomic E-state index is 12.3. The molecular weight excluding hydrogens is 320 g/mol. The van der Waals surface area contributed by atoms with Crippen LogP contribution in [0, 0.1) is 0 Å². The van der Waals surface area contributed by atoms with Crippen LogP contribution in [0.25, 0.3) is 0 Å². The van der Waals surface area contributed by atoms with E-state index in [0.29, 0.717) is 24.6 Å². The smallest absolute Gasteiger partial charge is 0.320 e. The number of hydrogen-bond acceptors (Lipinski definition) is 5. The largest absolute Gasteiger partial charge is 0.493 e. The lowest BCUT2D eigenvalue weighted by Crippen LogP contribution is -2.52. The topological polar surface area (TPSA) is 66.9 Å². The normalized spacial score (nSPS) is 14.1. The maximum absolute atomic E-state index is 12.3. The van der Waals surface area contributed by atoms with Crippen LogP contribution < -0.4 is 19.7 Å². The van der Waals surface area contributed by atoms with E-state index in [0.717, 1.165) is 18.9 Å². The van der Waals surface area contributed by atoms with Gasteiger partial charge in [-0.3, -0.25) is 0 Å². The number of methoxy groups -OCH3 is 1. The van der Waals surface area contributed by atoms with Crippen LogP contribution in [0.1, 0.15) is 0 Å². The molecule has 1 aromatic carbocycles. The summed E-state index contributed by atoms with van der Waals surface area (Å²) < 4.78 is 10.8. The molecule has 1 saturated heterocycles. The Kier molecular flexibility index (Phi) is 5.56. The highest BCUT2D eigenvalue weighted by molar-refractivity contribution is 5.74. The van der Waals surface area contributed by atoms with Crippen LogP contribution in [0.5, 0.6) is 11.5 Å². The van der Waals surface area contributed by atoms with Gasteiger partial charge in [0.1, 0.15) is 5.82 Å². The van der Waals surface area contributed by atoms with Gasteiger partial charge in [-0.1, -0.05) is 18.2 Å². The van der Waals surface area contributed by atoms with E-state index in [1.807, 2.05) is 36.4 Å². The molecule has 2 aromatic rings. The van der Waals surface area contributed by atoms with Gasteiger partial charge in [0.15, 0.2) is 18.2 Å². The van der Waals surface area contributed by atoms with Crippen LogP contribution in [-0.4, -0.2) is 55.9 Å². The van der Waals surface area contributed by atoms with Gasteiger partial charge in [-0.25, -0.2) is 9.78 Å². The van der Waals surface area contributed by atoms with Crippen molar-refractivity contribution < 1.29 is 14.3 Å². The fourth-order valence-corrected chi connectivity index (χ4v) is 2.70. The summed E-state index contributed by atoms with van der Waals surface area (Å²) in [5.41, 5.74) is 0. The summed E-state index contributed by atoms with van der Waals surface area (Å²) in [5, 5.41) is 2.78. The van der Waals surface area contributed by atoms with Gasteiger partial charge in [-0.05, 0) is 24.3 Å². The minimum atomic E-state index is -0.129. The number of para-hydroxylation sites is 2. The first-order chi connectivity index (χ1) is 12.3. The van der Waals surface area contributed by atoms with Crippen LogP contribution in [0.3, 0.4) is 0 Å². The molecule has 1 fully saturated rings. The Morgan fingerprint density at radius 3 is 2.48 bits per heavy atom. The summed E-state index contributed by atoms with van der Waals surface area (Å²) in [6.45, 7) is 2.92. The fourth-order valence-electron chi connectivity index (χ4n) is 2.70. The van der Waals surface area contributed by atoms with Crippen molar-refractivity contribution in [1.29, 1.82) is 0 Å². The fraction of sp³-hybridized carbons (Fsp3) is 0.333. The Balaban J connectivity index is 1.44. The highest BCUT2D eigenvalue weighted by Gasteiger charge is 2.21. The van der Waals surface area contributed by atoms with Gasteiger partial charge >= 0.3 is 6.03 Å². The predicted octanol–water partition coefficient (Wildman–Crippen LogP) is 1.96. The van der Waals surface area contributed by atoms with Gasteiger partial charge in [0.25, 0.3) is 0 Å². The monoisotopic (exact) mass is 342 g/mol. The molecule has 25 heavy (non-hydrogen) atoms. The second-order valence-electron chi connectivity index (χ2n) is 5.58. The number of anilines is 1. The SMILES string of the molecule is COc1ccccc1OCNC(=O)N1CCN(c2ccccn2)CC1. The number of benzene rings is 1. The summed E-state index contributed by atoms with van der Waals surface area (Å²) in [7, 11) is 1.59. The Bertz CT molecular complexity index is 688. The Morgan fingerprint density at radius 1 is 1.08 bits per heavy atom. The molecule has 2 amide bonds. The lowest BCUT2D eigenvalue weighted by Gasteiger charge is -2.35. The Hall–Kier alpha value is -2.96. The van der Waals surface area contributed by atoms with Gasteiger partial charge in [0.05, 0.1) is 7.11 Å². The van der Waals surface area contributed by atoms with Crippen molar-refractivity contribution in [3.63, 3.8) is 0 Å². The van der Waals surface area contributed by atoms with E-state index in [1.165, 1.54) is 0 Å². The molecule has 0 aliphatic carbocycles. The number of piperazine rings is 1. The average molecular weight is 342 g/mol. The van der Waals surface area contributed by atoms with E-state index >= 15 is 0 Å². The molecule has 0 radical (unpaired) electrons. The second kappa shape index (κ2) is 8.23. The van der Waals surface area contributed by atoms with Gasteiger partial charge in [0.2, 0.25) is 0 Å². The van der Waals surface area contributed by atoms with Crippen molar-refractivity contribution in [3.8, 4) is 11.5 Å². The molecule has 132 valence electrons. The number of carbonyl (C=O) groups excluding carboxylic acids is 1. The number of aromatic nitrogens is 1. The zero-order chi connectivity index (χ0) is 17.5. The van der Waals surface area contributed by atoms with Crippen LogP contribution in [0.2, 0.25) is 0 Å². The van der Waals surface area contributed by atoms with Crippen molar-refractivity contribution >= 4 is 11.8 Å². The maximum Gasteiger partial charge on any atom is 0.320 e. The Labute approximate surface area is 147 Å². The number of nitrogens with zero attached hydrogens (tertiary/aromatic N) is 3. The molecule has 1 aliphatic rings. The number of ether oxygens (including phenoxy) is 2. The number of hydrogen-bond donors (Lipinski definition) is 1. The van der Waals surface area contributed by atoms with E-state index in [4.69, 9.17) is 9.47 Å². The Morgan fingerprint density at radius 2 is 1.80 bits per heavy atom. The van der Waals surface area contributed by atoms with Gasteiger partial charge in [-0.15, -0.1) is 0 Å². The molecule has 1 N–H and O–H groups in total. The van der Waals surface area contributed by atoms with Gasteiger partial charge in [-0.2, -0.15) is 0 Å². The highest BCUT2D eigenvalue weighted by atomic mass is 16.5. The number of nitrogens with one attached hydrogen (secondary N) is 1. The van der Waals surface area contributed by atoms with E-state index in [9.17, 15) is 4.79 Å². The summed E-state index contributed by atoms with van der Waals surface area (Å²) in [6.07, 6.45) is 1.78. The lowest BCUT2D eigenvalue weighted by molar-refractivity contribution is 0.180. The minimum absolute atomic E-state index is 0.0969. The first-order valence-electron chi connectivity index (χ1n) is 8.22. The lowest BCUT2D eigenvalue weighted by atomic mass is 10.3. The van der Waals surface area contributed by atoms with Crippen molar-refractivity contribution in [2.24, 2.45) is 0 Å². The molecule has 0 unspecified atom stereocenters. The third-order valence-electron chi connectivity index (χ3n) is 4.06. The first kappa shape index (κ1) is 16.9. The average Bonchev–Trinajstić information content (AvgIpc) is 2.69. The van der Waals surface area contributed by atoms with E-state index in [1.54, 1.807) is 24.3 Å². The van der Waals surface area contributed by atoms with Gasteiger partial charge in [0, 0.05) is 32.4 Å². The highest BCUT2D eigenvalue weighted by Crippen LogP contribution is 2.25. The molecule has 0 atom stereocenters. The molecule has 1 aliphatic heterocycles. The molecule has 0 spiro atoms. The summed E-state index contributed by atoms with van der Waals surface area (Å²) >= 11 is 0. The van der Waals surface area contributed by atoms with Gasteiger partial charge < -0.3 is 24.6 Å². The van der Waals surface area contributed by atoms with Crippen LogP contribution in [-0.2, 0) is 0 Å². The third-order valence-corrected chi connectivity index (χ3v) is 4.06. The molecule has 0 bridgehead atoms. The molecule has 7 nitrogen and oxygen atoms in total. The number of rotatable bonds is 5. The number of pyridine rings is 1. The molecule has 1 aromatic heterocycles. The molecule has 2 heterocycles.